The molecule has 1 atom stereocenters. The summed E-state index contributed by atoms with van der Waals surface area (Å²) in [4.78, 5) is 27.6. The van der Waals surface area contributed by atoms with Gasteiger partial charge in [-0.3, -0.25) is 9.59 Å². The zero-order chi connectivity index (χ0) is 24.0. The molecule has 6 nitrogen and oxygen atoms in total. The summed E-state index contributed by atoms with van der Waals surface area (Å²) < 4.78 is 11.2. The Morgan fingerprint density at radius 1 is 0.970 bits per heavy atom. The maximum atomic E-state index is 13.1. The van der Waals surface area contributed by atoms with E-state index in [4.69, 9.17) is 9.47 Å². The molecule has 0 aliphatic carbocycles. The highest BCUT2D eigenvalue weighted by atomic mass is 16.5. The van der Waals surface area contributed by atoms with Crippen molar-refractivity contribution in [2.45, 2.75) is 59.1 Å². The minimum Gasteiger partial charge on any atom is -0.507 e. The van der Waals surface area contributed by atoms with Crippen LogP contribution in [0.1, 0.15) is 64.1 Å². The summed E-state index contributed by atoms with van der Waals surface area (Å²) in [5.74, 6) is -0.0347. The van der Waals surface area contributed by atoms with Gasteiger partial charge in [0.25, 0.3) is 11.7 Å². The quantitative estimate of drug-likeness (QED) is 0.224. The van der Waals surface area contributed by atoms with Crippen LogP contribution in [0.5, 0.6) is 11.5 Å². The van der Waals surface area contributed by atoms with E-state index in [1.807, 2.05) is 45.0 Å². The molecular weight excluding hydrogens is 418 g/mol. The van der Waals surface area contributed by atoms with E-state index in [0.717, 1.165) is 24.8 Å². The van der Waals surface area contributed by atoms with Gasteiger partial charge in [0, 0.05) is 12.1 Å². The van der Waals surface area contributed by atoms with Gasteiger partial charge in [-0.15, -0.1) is 0 Å². The molecule has 1 saturated heterocycles. The lowest BCUT2D eigenvalue weighted by Gasteiger charge is -2.25. The van der Waals surface area contributed by atoms with Gasteiger partial charge >= 0.3 is 0 Å². The maximum Gasteiger partial charge on any atom is 0.295 e. The molecular formula is C27H33NO5. The number of aliphatic hydroxyl groups is 1. The number of ether oxygens (including phenoxy) is 2. The molecule has 1 heterocycles. The highest BCUT2D eigenvalue weighted by Crippen LogP contribution is 2.40. The third kappa shape index (κ3) is 5.56. The number of carbonyl (C=O) groups excluding carboxylic acids is 2. The van der Waals surface area contributed by atoms with E-state index in [9.17, 15) is 14.7 Å². The first-order valence-corrected chi connectivity index (χ1v) is 11.7. The minimum absolute atomic E-state index is 0.0255. The second-order valence-corrected chi connectivity index (χ2v) is 8.39. The van der Waals surface area contributed by atoms with Crippen molar-refractivity contribution in [1.29, 1.82) is 0 Å². The van der Waals surface area contributed by atoms with Crippen LogP contribution in [-0.2, 0) is 9.59 Å². The Hall–Kier alpha value is -3.28. The molecule has 1 aliphatic heterocycles. The first kappa shape index (κ1) is 24.4. The second kappa shape index (κ2) is 11.0. The summed E-state index contributed by atoms with van der Waals surface area (Å²) >= 11 is 0. The lowest BCUT2D eigenvalue weighted by molar-refractivity contribution is -0.139. The van der Waals surface area contributed by atoms with Crippen molar-refractivity contribution in [3.63, 3.8) is 0 Å². The number of Topliss-reactive ketones (excluding diaryl/α,β-unsaturated/α-hetero) is 1. The zero-order valence-corrected chi connectivity index (χ0v) is 19.8. The van der Waals surface area contributed by atoms with Crippen molar-refractivity contribution in [2.24, 2.45) is 0 Å². The molecule has 1 unspecified atom stereocenters. The fourth-order valence-electron chi connectivity index (χ4n) is 4.02. The fraction of sp³-hybridized carbons (Fsp3) is 0.407. The van der Waals surface area contributed by atoms with Gasteiger partial charge in [0.1, 0.15) is 17.3 Å². The van der Waals surface area contributed by atoms with Crippen molar-refractivity contribution in [3.8, 4) is 11.5 Å². The predicted octanol–water partition coefficient (Wildman–Crippen LogP) is 5.48. The monoisotopic (exact) mass is 451 g/mol. The number of nitrogens with zero attached hydrogens (tertiary/aromatic N) is 1. The van der Waals surface area contributed by atoms with Crippen LogP contribution in [0.4, 0.5) is 0 Å². The predicted molar refractivity (Wildman–Crippen MR) is 128 cm³/mol. The first-order valence-electron chi connectivity index (χ1n) is 11.7. The van der Waals surface area contributed by atoms with Crippen molar-refractivity contribution in [1.82, 2.24) is 4.90 Å². The van der Waals surface area contributed by atoms with Gasteiger partial charge in [-0.2, -0.15) is 0 Å². The van der Waals surface area contributed by atoms with Gasteiger partial charge in [-0.1, -0.05) is 31.9 Å². The van der Waals surface area contributed by atoms with E-state index in [-0.39, 0.29) is 17.4 Å². The number of unbranched alkanes of at least 4 members (excludes halogenated alkanes) is 2. The van der Waals surface area contributed by atoms with Gasteiger partial charge in [0.15, 0.2) is 0 Å². The number of rotatable bonds is 10. The smallest absolute Gasteiger partial charge is 0.295 e. The van der Waals surface area contributed by atoms with Crippen molar-refractivity contribution < 1.29 is 24.2 Å². The average molecular weight is 452 g/mol. The Labute approximate surface area is 195 Å². The molecule has 6 heteroatoms. The maximum absolute atomic E-state index is 13.1. The number of ketones is 1. The van der Waals surface area contributed by atoms with Crippen molar-refractivity contribution in [3.05, 3.63) is 65.2 Å². The lowest BCUT2D eigenvalue weighted by Crippen LogP contribution is -2.30. The molecule has 33 heavy (non-hydrogen) atoms. The Morgan fingerprint density at radius 2 is 1.61 bits per heavy atom. The lowest BCUT2D eigenvalue weighted by atomic mass is 9.95. The Balaban J connectivity index is 2.03. The Kier molecular flexibility index (Phi) is 8.15. The van der Waals surface area contributed by atoms with Gasteiger partial charge in [-0.05, 0) is 69.2 Å². The number of amides is 1. The molecule has 1 N–H and O–H groups in total. The summed E-state index contributed by atoms with van der Waals surface area (Å²) in [5, 5.41) is 11.2. The minimum atomic E-state index is -0.662. The first-order chi connectivity index (χ1) is 15.9. The molecule has 1 fully saturated rings. The number of likely N-dealkylation sites (tertiary alicyclic amines) is 1. The summed E-state index contributed by atoms with van der Waals surface area (Å²) in [6, 6.07) is 13.6. The number of benzene rings is 2. The van der Waals surface area contributed by atoms with Crippen LogP contribution in [0, 0.1) is 0 Å². The third-order valence-corrected chi connectivity index (χ3v) is 5.55. The SMILES string of the molecule is CCCCCN1C(=O)C(=O)/C(=C(\O)c2ccc(OC(C)C)cc2)C1c1ccc(OCC)cc1. The van der Waals surface area contributed by atoms with Crippen molar-refractivity contribution >= 4 is 17.4 Å². The molecule has 0 radical (unpaired) electrons. The topological polar surface area (TPSA) is 76.1 Å². The second-order valence-electron chi connectivity index (χ2n) is 8.39. The zero-order valence-electron chi connectivity index (χ0n) is 19.8. The summed E-state index contributed by atoms with van der Waals surface area (Å²) in [6.45, 7) is 8.87. The molecule has 0 saturated carbocycles. The summed E-state index contributed by atoms with van der Waals surface area (Å²) in [7, 11) is 0. The molecule has 0 spiro atoms. The molecule has 3 rings (SSSR count). The fourth-order valence-corrected chi connectivity index (χ4v) is 4.02. The number of aliphatic hydroxyl groups excluding tert-OH is 1. The van der Waals surface area contributed by atoms with Crippen LogP contribution in [0.2, 0.25) is 0 Å². The van der Waals surface area contributed by atoms with Crippen LogP contribution in [0.15, 0.2) is 54.1 Å². The molecule has 176 valence electrons. The molecule has 2 aromatic carbocycles. The van der Waals surface area contributed by atoms with Crippen LogP contribution in [0.25, 0.3) is 5.76 Å². The normalized spacial score (nSPS) is 17.6. The highest BCUT2D eigenvalue weighted by Gasteiger charge is 2.45. The summed E-state index contributed by atoms with van der Waals surface area (Å²) in [6.07, 6.45) is 2.77. The number of carbonyl (C=O) groups is 2. The van der Waals surface area contributed by atoms with Crippen LogP contribution in [-0.4, -0.2) is 41.0 Å². The van der Waals surface area contributed by atoms with Gasteiger partial charge in [-0.25, -0.2) is 0 Å². The molecule has 1 aliphatic rings. The van der Waals surface area contributed by atoms with Gasteiger partial charge in [0.05, 0.1) is 24.3 Å². The van der Waals surface area contributed by atoms with E-state index < -0.39 is 17.7 Å². The summed E-state index contributed by atoms with van der Waals surface area (Å²) in [5.41, 5.74) is 1.34. The van der Waals surface area contributed by atoms with E-state index in [1.54, 1.807) is 29.2 Å². The Bertz CT molecular complexity index is 992. The highest BCUT2D eigenvalue weighted by molar-refractivity contribution is 6.46. The van der Waals surface area contributed by atoms with Crippen LogP contribution < -0.4 is 9.47 Å². The van der Waals surface area contributed by atoms with E-state index in [0.29, 0.717) is 30.2 Å². The van der Waals surface area contributed by atoms with Crippen LogP contribution in [0.3, 0.4) is 0 Å². The van der Waals surface area contributed by atoms with Gasteiger partial charge in [0.2, 0.25) is 0 Å². The largest absolute Gasteiger partial charge is 0.507 e. The van der Waals surface area contributed by atoms with E-state index >= 15 is 0 Å². The average Bonchev–Trinajstić information content (AvgIpc) is 3.05. The Morgan fingerprint density at radius 3 is 2.18 bits per heavy atom. The van der Waals surface area contributed by atoms with E-state index in [2.05, 4.69) is 6.92 Å². The van der Waals surface area contributed by atoms with Crippen molar-refractivity contribution in [2.75, 3.05) is 13.2 Å². The number of hydrogen-bond donors (Lipinski definition) is 1. The molecule has 1 amide bonds. The third-order valence-electron chi connectivity index (χ3n) is 5.55. The van der Waals surface area contributed by atoms with Crippen LogP contribution >= 0.6 is 0 Å². The van der Waals surface area contributed by atoms with Gasteiger partial charge < -0.3 is 19.5 Å². The molecule has 2 aromatic rings. The molecule has 0 bridgehead atoms. The molecule has 0 aromatic heterocycles. The standard InChI is InChI=1S/C27H33NO5/c1-5-7-8-17-28-24(19-9-13-21(14-10-19)32-6-2)23(26(30)27(28)31)25(29)20-11-15-22(16-12-20)33-18(3)4/h9-16,18,24,29H,5-8,17H2,1-4H3/b25-23-. The van der Waals surface area contributed by atoms with E-state index in [1.165, 1.54) is 0 Å². The number of hydrogen-bond acceptors (Lipinski definition) is 5.